The van der Waals surface area contributed by atoms with Gasteiger partial charge < -0.3 is 0 Å². The Morgan fingerprint density at radius 2 is 1.08 bits per heavy atom. The van der Waals surface area contributed by atoms with E-state index < -0.39 is 0 Å². The predicted octanol–water partition coefficient (Wildman–Crippen LogP) is 5.20. The maximum Gasteiger partial charge on any atom is 0.0820 e. The number of benzene rings is 2. The fraction of sp³-hybridized carbons (Fsp3) is 0.0952. The SMILES string of the molecule is Cc1ccccc1/N=C/c1cccc(/C=N/c2ccccc2C)n1. The normalized spacial score (nSPS) is 11.4. The molecule has 0 aliphatic carbocycles. The van der Waals surface area contributed by atoms with Crippen LogP contribution in [0.25, 0.3) is 0 Å². The Balaban J connectivity index is 1.80. The van der Waals surface area contributed by atoms with E-state index in [1.54, 1.807) is 12.4 Å². The van der Waals surface area contributed by atoms with Crippen LogP contribution >= 0.6 is 0 Å². The first-order chi connectivity index (χ1) is 11.7. The Hall–Kier alpha value is -3.07. The molecule has 0 unspecified atom stereocenters. The second kappa shape index (κ2) is 7.47. The maximum atomic E-state index is 4.56. The summed E-state index contributed by atoms with van der Waals surface area (Å²) in [5.41, 5.74) is 5.83. The Labute approximate surface area is 142 Å². The van der Waals surface area contributed by atoms with Gasteiger partial charge in [0.25, 0.3) is 0 Å². The first-order valence-electron chi connectivity index (χ1n) is 7.89. The highest BCUT2D eigenvalue weighted by Crippen LogP contribution is 2.17. The van der Waals surface area contributed by atoms with Crippen LogP contribution in [-0.2, 0) is 0 Å². The van der Waals surface area contributed by atoms with E-state index in [4.69, 9.17) is 0 Å². The van der Waals surface area contributed by atoms with Crippen LogP contribution < -0.4 is 0 Å². The minimum absolute atomic E-state index is 0.812. The van der Waals surface area contributed by atoms with Gasteiger partial charge in [-0.15, -0.1) is 0 Å². The van der Waals surface area contributed by atoms with Gasteiger partial charge in [0.15, 0.2) is 0 Å². The predicted molar refractivity (Wildman–Crippen MR) is 101 cm³/mol. The van der Waals surface area contributed by atoms with Crippen molar-refractivity contribution in [2.24, 2.45) is 9.98 Å². The molecule has 0 aliphatic rings. The zero-order valence-corrected chi connectivity index (χ0v) is 13.8. The lowest BCUT2D eigenvalue weighted by Gasteiger charge is -2.00. The third kappa shape index (κ3) is 4.02. The van der Waals surface area contributed by atoms with Gasteiger partial charge >= 0.3 is 0 Å². The Morgan fingerprint density at radius 3 is 1.54 bits per heavy atom. The van der Waals surface area contributed by atoms with Crippen LogP contribution in [0.3, 0.4) is 0 Å². The molecule has 24 heavy (non-hydrogen) atoms. The third-order valence-electron chi connectivity index (χ3n) is 3.69. The number of hydrogen-bond acceptors (Lipinski definition) is 3. The van der Waals surface area contributed by atoms with Gasteiger partial charge in [-0.3, -0.25) is 9.98 Å². The molecule has 3 nitrogen and oxygen atoms in total. The molecule has 0 radical (unpaired) electrons. The smallest absolute Gasteiger partial charge is 0.0820 e. The molecular formula is C21H19N3. The fourth-order valence-corrected chi connectivity index (χ4v) is 2.30. The van der Waals surface area contributed by atoms with Crippen LogP contribution in [-0.4, -0.2) is 17.4 Å². The van der Waals surface area contributed by atoms with Crippen molar-refractivity contribution >= 4 is 23.8 Å². The number of rotatable bonds is 4. The van der Waals surface area contributed by atoms with Crippen molar-refractivity contribution in [2.45, 2.75) is 13.8 Å². The minimum Gasteiger partial charge on any atom is -0.254 e. The summed E-state index contributed by atoms with van der Waals surface area (Å²) in [5, 5.41) is 0. The fourth-order valence-electron chi connectivity index (χ4n) is 2.30. The number of aromatic nitrogens is 1. The van der Waals surface area contributed by atoms with Crippen LogP contribution in [0.5, 0.6) is 0 Å². The molecule has 118 valence electrons. The van der Waals surface area contributed by atoms with Crippen molar-refractivity contribution in [1.29, 1.82) is 0 Å². The summed E-state index contributed by atoms with van der Waals surface area (Å²) in [6, 6.07) is 21.9. The van der Waals surface area contributed by atoms with Crippen molar-refractivity contribution < 1.29 is 0 Å². The van der Waals surface area contributed by atoms with E-state index in [0.717, 1.165) is 33.9 Å². The Morgan fingerprint density at radius 1 is 0.625 bits per heavy atom. The second-order valence-electron chi connectivity index (χ2n) is 5.58. The molecule has 0 bridgehead atoms. The molecule has 0 saturated carbocycles. The van der Waals surface area contributed by atoms with Crippen LogP contribution in [0.2, 0.25) is 0 Å². The molecule has 1 aromatic heterocycles. The molecule has 0 amide bonds. The highest BCUT2D eigenvalue weighted by molar-refractivity contribution is 5.84. The number of pyridine rings is 1. The Bertz CT molecular complexity index is 824. The Kier molecular flexibility index (Phi) is 4.92. The number of aliphatic imine (C=N–C) groups is 2. The second-order valence-corrected chi connectivity index (χ2v) is 5.58. The van der Waals surface area contributed by atoms with E-state index in [2.05, 4.69) is 15.0 Å². The molecule has 2 aromatic carbocycles. The summed E-state index contributed by atoms with van der Waals surface area (Å²) in [5.74, 6) is 0. The van der Waals surface area contributed by atoms with Crippen LogP contribution in [0.1, 0.15) is 22.5 Å². The van der Waals surface area contributed by atoms with Crippen molar-refractivity contribution in [2.75, 3.05) is 0 Å². The molecule has 1 heterocycles. The van der Waals surface area contributed by atoms with E-state index >= 15 is 0 Å². The molecule has 3 rings (SSSR count). The first kappa shape index (κ1) is 15.8. The van der Waals surface area contributed by atoms with Crippen LogP contribution in [0, 0.1) is 13.8 Å². The number of hydrogen-bond donors (Lipinski definition) is 0. The molecule has 0 atom stereocenters. The summed E-state index contributed by atoms with van der Waals surface area (Å²) >= 11 is 0. The van der Waals surface area contributed by atoms with Gasteiger partial charge in [-0.2, -0.15) is 0 Å². The van der Waals surface area contributed by atoms with Crippen LogP contribution in [0.15, 0.2) is 76.7 Å². The summed E-state index contributed by atoms with van der Waals surface area (Å²) in [6.07, 6.45) is 3.57. The van der Waals surface area contributed by atoms with E-state index in [0.29, 0.717) is 0 Å². The van der Waals surface area contributed by atoms with E-state index in [1.165, 1.54) is 0 Å². The quantitative estimate of drug-likeness (QED) is 0.610. The molecule has 3 heteroatoms. The van der Waals surface area contributed by atoms with Gasteiger partial charge in [0.1, 0.15) is 0 Å². The maximum absolute atomic E-state index is 4.56. The van der Waals surface area contributed by atoms with Gasteiger partial charge in [0.2, 0.25) is 0 Å². The van der Waals surface area contributed by atoms with Gasteiger partial charge in [0, 0.05) is 0 Å². The zero-order chi connectivity index (χ0) is 16.8. The van der Waals surface area contributed by atoms with Crippen molar-refractivity contribution in [1.82, 2.24) is 4.98 Å². The average Bonchev–Trinajstić information content (AvgIpc) is 2.61. The van der Waals surface area contributed by atoms with Gasteiger partial charge in [-0.1, -0.05) is 42.5 Å². The molecule has 0 fully saturated rings. The van der Waals surface area contributed by atoms with Crippen molar-refractivity contribution in [3.8, 4) is 0 Å². The topological polar surface area (TPSA) is 37.6 Å². The van der Waals surface area contributed by atoms with Gasteiger partial charge in [-0.25, -0.2) is 4.98 Å². The summed E-state index contributed by atoms with van der Waals surface area (Å²) in [7, 11) is 0. The average molecular weight is 313 g/mol. The number of aryl methyl sites for hydroxylation is 2. The third-order valence-corrected chi connectivity index (χ3v) is 3.69. The molecule has 0 spiro atoms. The lowest BCUT2D eigenvalue weighted by atomic mass is 10.2. The number of para-hydroxylation sites is 2. The molecule has 3 aromatic rings. The van der Waals surface area contributed by atoms with Gasteiger partial charge in [0.05, 0.1) is 35.2 Å². The lowest BCUT2D eigenvalue weighted by Crippen LogP contribution is -1.93. The highest BCUT2D eigenvalue weighted by atomic mass is 14.8. The van der Waals surface area contributed by atoms with Gasteiger partial charge in [-0.05, 0) is 49.2 Å². The van der Waals surface area contributed by atoms with E-state index in [1.807, 2.05) is 80.6 Å². The molecule has 0 aliphatic heterocycles. The largest absolute Gasteiger partial charge is 0.254 e. The minimum atomic E-state index is 0.812. The van der Waals surface area contributed by atoms with E-state index in [9.17, 15) is 0 Å². The standard InChI is InChI=1S/C21H19N3/c1-16-8-3-5-12-20(16)22-14-18-10-7-11-19(24-18)15-23-21-13-6-4-9-17(21)2/h3-15H,1-2H3/b22-14+,23-15+. The molecule has 0 N–H and O–H groups in total. The lowest BCUT2D eigenvalue weighted by molar-refractivity contribution is 1.27. The monoisotopic (exact) mass is 313 g/mol. The summed E-state index contributed by atoms with van der Waals surface area (Å²) < 4.78 is 0. The van der Waals surface area contributed by atoms with E-state index in [-0.39, 0.29) is 0 Å². The zero-order valence-electron chi connectivity index (χ0n) is 13.8. The summed E-state index contributed by atoms with van der Waals surface area (Å²) in [6.45, 7) is 4.09. The first-order valence-corrected chi connectivity index (χ1v) is 7.89. The summed E-state index contributed by atoms with van der Waals surface area (Å²) in [4.78, 5) is 13.6. The molecule has 0 saturated heterocycles. The van der Waals surface area contributed by atoms with Crippen LogP contribution in [0.4, 0.5) is 11.4 Å². The number of nitrogens with zero attached hydrogens (tertiary/aromatic N) is 3. The van der Waals surface area contributed by atoms with Crippen molar-refractivity contribution in [3.05, 3.63) is 89.2 Å². The van der Waals surface area contributed by atoms with Crippen molar-refractivity contribution in [3.63, 3.8) is 0 Å². The highest BCUT2D eigenvalue weighted by Gasteiger charge is 1.97. The molecular weight excluding hydrogens is 294 g/mol.